The van der Waals surface area contributed by atoms with Gasteiger partial charge in [0.25, 0.3) is 0 Å². The largest absolute Gasteiger partial charge is 0.493 e. The summed E-state index contributed by atoms with van der Waals surface area (Å²) in [4.78, 5) is 6.59. The number of piperazine rings is 1. The Morgan fingerprint density at radius 3 is 2.56 bits per heavy atom. The molecule has 1 saturated carbocycles. The molecule has 0 unspecified atom stereocenters. The normalized spacial score (nSPS) is 18.9. The number of methoxy groups -OCH3 is 1. The summed E-state index contributed by atoms with van der Waals surface area (Å²) in [5.74, 6) is 2.89. The van der Waals surface area contributed by atoms with E-state index in [4.69, 9.17) is 4.74 Å². The van der Waals surface area contributed by atoms with Crippen molar-refractivity contribution in [3.8, 4) is 5.75 Å². The van der Waals surface area contributed by atoms with E-state index in [9.17, 15) is 0 Å². The van der Waals surface area contributed by atoms with Gasteiger partial charge in [-0.1, -0.05) is 19.8 Å². The first-order chi connectivity index (χ1) is 8.81. The van der Waals surface area contributed by atoms with Crippen molar-refractivity contribution in [2.75, 3.05) is 38.2 Å². The maximum absolute atomic E-state index is 5.27. The zero-order valence-corrected chi connectivity index (χ0v) is 11.4. The van der Waals surface area contributed by atoms with E-state index < -0.39 is 0 Å². The third kappa shape index (κ3) is 3.88. The van der Waals surface area contributed by atoms with Gasteiger partial charge in [0.1, 0.15) is 0 Å². The number of hydrogen-bond acceptors (Lipinski definition) is 4. The van der Waals surface area contributed by atoms with Gasteiger partial charge in [-0.15, -0.1) is 0 Å². The van der Waals surface area contributed by atoms with Crippen molar-refractivity contribution in [3.63, 3.8) is 0 Å². The molecule has 1 aliphatic heterocycles. The van der Waals surface area contributed by atoms with Crippen molar-refractivity contribution in [2.24, 2.45) is 5.92 Å². The third-order valence-electron chi connectivity index (χ3n) is 3.25. The Hall–Kier alpha value is -1.29. The fraction of sp³-hybridized carbons (Fsp3) is 0.643. The van der Waals surface area contributed by atoms with Crippen LogP contribution in [0.2, 0.25) is 0 Å². The quantitative estimate of drug-likeness (QED) is 0.869. The highest BCUT2D eigenvalue weighted by Gasteiger charge is 2.15. The van der Waals surface area contributed by atoms with Crippen LogP contribution < -0.4 is 15.0 Å². The smallest absolute Gasteiger partial charge is 0.171 e. The Labute approximate surface area is 109 Å². The van der Waals surface area contributed by atoms with Crippen molar-refractivity contribution < 1.29 is 4.74 Å². The second-order valence-corrected chi connectivity index (χ2v) is 4.95. The lowest BCUT2D eigenvalue weighted by Crippen LogP contribution is -2.44. The molecule has 1 N–H and O–H groups in total. The van der Waals surface area contributed by atoms with E-state index in [2.05, 4.69) is 22.1 Å². The molecule has 4 heteroatoms. The molecular formula is C14H23N3O. The number of nitrogens with one attached hydrogen (secondary N) is 1. The predicted molar refractivity (Wildman–Crippen MR) is 74.3 cm³/mol. The molecular weight excluding hydrogens is 226 g/mol. The van der Waals surface area contributed by atoms with E-state index >= 15 is 0 Å². The molecule has 2 aliphatic rings. The van der Waals surface area contributed by atoms with Gasteiger partial charge in [-0.2, -0.15) is 0 Å². The topological polar surface area (TPSA) is 37.4 Å². The monoisotopic (exact) mass is 249 g/mol. The lowest BCUT2D eigenvalue weighted by atomic mass is 10.3. The van der Waals surface area contributed by atoms with E-state index in [1.165, 1.54) is 12.8 Å². The summed E-state index contributed by atoms with van der Waals surface area (Å²) in [6.45, 7) is 6.29. The average molecular weight is 249 g/mol. The number of ether oxygens (including phenoxy) is 1. The van der Waals surface area contributed by atoms with Gasteiger partial charge in [0.2, 0.25) is 0 Å². The molecule has 2 fully saturated rings. The van der Waals surface area contributed by atoms with E-state index in [1.54, 1.807) is 13.3 Å². The minimum Gasteiger partial charge on any atom is -0.493 e. The highest BCUT2D eigenvalue weighted by molar-refractivity contribution is 5.52. The van der Waals surface area contributed by atoms with Crippen molar-refractivity contribution in [1.82, 2.24) is 10.3 Å². The summed E-state index contributed by atoms with van der Waals surface area (Å²) in [6.07, 6.45) is 4.78. The Morgan fingerprint density at radius 2 is 2.00 bits per heavy atom. The van der Waals surface area contributed by atoms with E-state index in [1.807, 2.05) is 12.1 Å². The Morgan fingerprint density at radius 1 is 1.33 bits per heavy atom. The van der Waals surface area contributed by atoms with Crippen LogP contribution in [0.25, 0.3) is 0 Å². The SMILES string of the molecule is CC1CC1.COc1cccnc1N1CCNCC1. The number of aromatic nitrogens is 1. The lowest BCUT2D eigenvalue weighted by Gasteiger charge is -2.29. The summed E-state index contributed by atoms with van der Waals surface area (Å²) in [7, 11) is 1.68. The standard InChI is InChI=1S/C10H15N3O.C4H8/c1-14-9-3-2-4-12-10(9)13-7-5-11-6-8-13;1-4-2-3-4/h2-4,11H,5-8H2,1H3;4H,2-3H2,1H3. The fourth-order valence-electron chi connectivity index (χ4n) is 1.82. The van der Waals surface area contributed by atoms with Crippen molar-refractivity contribution in [2.45, 2.75) is 19.8 Å². The van der Waals surface area contributed by atoms with Gasteiger partial charge in [-0.05, 0) is 18.1 Å². The van der Waals surface area contributed by atoms with Crippen LogP contribution in [0, 0.1) is 5.92 Å². The molecule has 3 rings (SSSR count). The molecule has 1 aromatic rings. The van der Waals surface area contributed by atoms with Crippen LogP contribution in [0.1, 0.15) is 19.8 Å². The minimum absolute atomic E-state index is 0.856. The molecule has 1 saturated heterocycles. The maximum atomic E-state index is 5.27. The zero-order chi connectivity index (χ0) is 12.8. The molecule has 18 heavy (non-hydrogen) atoms. The summed E-state index contributed by atoms with van der Waals surface area (Å²) in [5, 5.41) is 3.31. The summed E-state index contributed by atoms with van der Waals surface area (Å²) in [6, 6.07) is 3.84. The second-order valence-electron chi connectivity index (χ2n) is 4.95. The van der Waals surface area contributed by atoms with Crippen LogP contribution >= 0.6 is 0 Å². The van der Waals surface area contributed by atoms with Crippen LogP contribution in [-0.2, 0) is 0 Å². The number of rotatable bonds is 2. The first-order valence-corrected chi connectivity index (χ1v) is 6.76. The predicted octanol–water partition coefficient (Wildman–Crippen LogP) is 1.92. The highest BCUT2D eigenvalue weighted by atomic mass is 16.5. The van der Waals surface area contributed by atoms with Gasteiger partial charge < -0.3 is 15.0 Å². The molecule has 0 radical (unpaired) electrons. The minimum atomic E-state index is 0.856. The van der Waals surface area contributed by atoms with Crippen LogP contribution in [0.3, 0.4) is 0 Å². The molecule has 0 amide bonds. The molecule has 0 aromatic carbocycles. The lowest BCUT2D eigenvalue weighted by molar-refractivity contribution is 0.411. The van der Waals surface area contributed by atoms with Gasteiger partial charge in [-0.25, -0.2) is 4.98 Å². The van der Waals surface area contributed by atoms with Crippen molar-refractivity contribution >= 4 is 5.82 Å². The molecule has 100 valence electrons. The van der Waals surface area contributed by atoms with E-state index in [-0.39, 0.29) is 0 Å². The van der Waals surface area contributed by atoms with Crippen LogP contribution in [0.15, 0.2) is 18.3 Å². The number of anilines is 1. The summed E-state index contributed by atoms with van der Waals surface area (Å²) in [5.41, 5.74) is 0. The average Bonchev–Trinajstić information content (AvgIpc) is 3.23. The van der Waals surface area contributed by atoms with Crippen LogP contribution in [0.5, 0.6) is 5.75 Å². The summed E-state index contributed by atoms with van der Waals surface area (Å²) >= 11 is 0. The Bertz CT molecular complexity index is 360. The van der Waals surface area contributed by atoms with E-state index in [0.717, 1.165) is 43.7 Å². The third-order valence-corrected chi connectivity index (χ3v) is 3.25. The number of nitrogens with zero attached hydrogens (tertiary/aromatic N) is 2. The number of pyridine rings is 1. The molecule has 1 aromatic heterocycles. The van der Waals surface area contributed by atoms with Gasteiger partial charge >= 0.3 is 0 Å². The van der Waals surface area contributed by atoms with Gasteiger partial charge in [-0.3, -0.25) is 0 Å². The molecule has 0 atom stereocenters. The molecule has 4 nitrogen and oxygen atoms in total. The number of hydrogen-bond donors (Lipinski definition) is 1. The van der Waals surface area contributed by atoms with Crippen molar-refractivity contribution in [1.29, 1.82) is 0 Å². The fourth-order valence-corrected chi connectivity index (χ4v) is 1.82. The highest BCUT2D eigenvalue weighted by Crippen LogP contribution is 2.26. The molecule has 0 spiro atoms. The molecule has 0 bridgehead atoms. The molecule has 2 heterocycles. The Kier molecular flexibility index (Phi) is 4.81. The van der Waals surface area contributed by atoms with Gasteiger partial charge in [0, 0.05) is 32.4 Å². The molecule has 1 aliphatic carbocycles. The zero-order valence-electron chi connectivity index (χ0n) is 11.4. The first kappa shape index (κ1) is 13.1. The van der Waals surface area contributed by atoms with Gasteiger partial charge in [0.15, 0.2) is 11.6 Å². The first-order valence-electron chi connectivity index (χ1n) is 6.76. The van der Waals surface area contributed by atoms with Crippen molar-refractivity contribution in [3.05, 3.63) is 18.3 Å². The second kappa shape index (κ2) is 6.59. The van der Waals surface area contributed by atoms with Gasteiger partial charge in [0.05, 0.1) is 7.11 Å². The summed E-state index contributed by atoms with van der Waals surface area (Å²) < 4.78 is 5.27. The Balaban J connectivity index is 0.000000256. The van der Waals surface area contributed by atoms with Crippen LogP contribution in [0.4, 0.5) is 5.82 Å². The maximum Gasteiger partial charge on any atom is 0.171 e. The van der Waals surface area contributed by atoms with E-state index in [0.29, 0.717) is 0 Å². The van der Waals surface area contributed by atoms with Crippen LogP contribution in [-0.4, -0.2) is 38.3 Å².